The van der Waals surface area contributed by atoms with Gasteiger partial charge in [0.1, 0.15) is 12.4 Å². The van der Waals surface area contributed by atoms with Gasteiger partial charge in [-0.2, -0.15) is 5.10 Å². The van der Waals surface area contributed by atoms with E-state index in [0.29, 0.717) is 22.4 Å². The van der Waals surface area contributed by atoms with Crippen LogP contribution in [0.1, 0.15) is 25.2 Å². The van der Waals surface area contributed by atoms with Crippen LogP contribution in [0, 0.1) is 0 Å². The molecule has 0 aliphatic carbocycles. The van der Waals surface area contributed by atoms with Gasteiger partial charge >= 0.3 is 0 Å². The monoisotopic (exact) mass is 454 g/mol. The minimum atomic E-state index is 0.374. The highest BCUT2D eigenvalue weighted by atomic mass is 79.9. The third kappa shape index (κ3) is 3.76. The predicted octanol–water partition coefficient (Wildman–Crippen LogP) is 5.88. The Hall–Kier alpha value is -0.230. The first kappa shape index (κ1) is 17.1. The van der Waals surface area contributed by atoms with Crippen molar-refractivity contribution in [2.45, 2.75) is 33.4 Å². The fraction of sp³-hybridized carbons (Fsp3) is 0.357. The van der Waals surface area contributed by atoms with Gasteiger partial charge < -0.3 is 4.74 Å². The Kier molecular flexibility index (Phi) is 6.00. The van der Waals surface area contributed by atoms with Crippen molar-refractivity contribution in [1.82, 2.24) is 9.78 Å². The van der Waals surface area contributed by atoms with E-state index in [1.807, 2.05) is 11.6 Å². The topological polar surface area (TPSA) is 27.1 Å². The fourth-order valence-electron chi connectivity index (χ4n) is 1.92. The van der Waals surface area contributed by atoms with Gasteiger partial charge in [0.05, 0.1) is 25.9 Å². The molecule has 0 amide bonds. The van der Waals surface area contributed by atoms with Crippen LogP contribution in [0.15, 0.2) is 21.1 Å². The van der Waals surface area contributed by atoms with Crippen molar-refractivity contribution >= 4 is 55.1 Å². The van der Waals surface area contributed by atoms with Gasteiger partial charge in [0, 0.05) is 17.1 Å². The molecule has 21 heavy (non-hydrogen) atoms. The lowest BCUT2D eigenvalue weighted by molar-refractivity contribution is 0.292. The summed E-state index contributed by atoms with van der Waals surface area (Å²) in [5, 5.41) is 5.61. The maximum Gasteiger partial charge on any atom is 0.140 e. The average molecular weight is 457 g/mol. The first-order valence-electron chi connectivity index (χ1n) is 6.49. The molecule has 1 aromatic heterocycles. The van der Waals surface area contributed by atoms with Gasteiger partial charge in [-0.05, 0) is 51.3 Å². The number of halogens is 4. The van der Waals surface area contributed by atoms with Crippen molar-refractivity contribution in [1.29, 1.82) is 0 Å². The minimum Gasteiger partial charge on any atom is -0.486 e. The average Bonchev–Trinajstić information content (AvgIpc) is 2.77. The van der Waals surface area contributed by atoms with Gasteiger partial charge in [-0.3, -0.25) is 4.68 Å². The van der Waals surface area contributed by atoms with Crippen LogP contribution in [0.5, 0.6) is 5.75 Å². The molecule has 0 aliphatic heterocycles. The molecule has 0 N–H and O–H groups in total. The normalized spacial score (nSPS) is 11.0. The van der Waals surface area contributed by atoms with Gasteiger partial charge in [0.25, 0.3) is 0 Å². The quantitative estimate of drug-likeness (QED) is 0.525. The van der Waals surface area contributed by atoms with Crippen LogP contribution in [-0.2, 0) is 19.6 Å². The van der Waals surface area contributed by atoms with Crippen LogP contribution >= 0.6 is 55.1 Å². The highest BCUT2D eigenvalue weighted by Crippen LogP contribution is 2.35. The molecule has 0 unspecified atom stereocenters. The molecule has 1 heterocycles. The van der Waals surface area contributed by atoms with Crippen LogP contribution < -0.4 is 4.74 Å². The maximum atomic E-state index is 6.17. The molecule has 2 rings (SSSR count). The fourth-order valence-corrected chi connectivity index (χ4v) is 3.44. The molecule has 7 heteroatoms. The Morgan fingerprint density at radius 3 is 2.52 bits per heavy atom. The molecule has 0 bridgehead atoms. The number of aromatic nitrogens is 2. The van der Waals surface area contributed by atoms with E-state index < -0.39 is 0 Å². The summed E-state index contributed by atoms with van der Waals surface area (Å²) in [7, 11) is 0. The molecule has 0 atom stereocenters. The molecule has 3 nitrogen and oxygen atoms in total. The van der Waals surface area contributed by atoms with Crippen LogP contribution in [-0.4, -0.2) is 9.78 Å². The number of rotatable bonds is 5. The summed E-state index contributed by atoms with van der Waals surface area (Å²) in [5.74, 6) is 0.554. The molecule has 0 fully saturated rings. The van der Waals surface area contributed by atoms with Crippen LogP contribution in [0.25, 0.3) is 0 Å². The van der Waals surface area contributed by atoms with Crippen LogP contribution in [0.3, 0.4) is 0 Å². The SMILES string of the molecule is CCc1nn(CC)c(COc2cc(Cl)c(Br)cc2Cl)c1Br. The summed E-state index contributed by atoms with van der Waals surface area (Å²) in [6, 6.07) is 3.43. The summed E-state index contributed by atoms with van der Waals surface area (Å²) in [6.45, 7) is 5.28. The van der Waals surface area contributed by atoms with Crippen molar-refractivity contribution in [3.05, 3.63) is 42.5 Å². The number of hydrogen-bond donors (Lipinski definition) is 0. The number of aryl methyl sites for hydroxylation is 2. The molecular formula is C14H14Br2Cl2N2O. The van der Waals surface area contributed by atoms with Crippen molar-refractivity contribution in [2.24, 2.45) is 0 Å². The van der Waals surface area contributed by atoms with Crippen molar-refractivity contribution in [3.63, 3.8) is 0 Å². The number of benzene rings is 1. The molecule has 0 saturated heterocycles. The zero-order chi connectivity index (χ0) is 15.6. The van der Waals surface area contributed by atoms with Crippen LogP contribution in [0.4, 0.5) is 0 Å². The Balaban J connectivity index is 2.24. The summed E-state index contributed by atoms with van der Waals surface area (Å²) >= 11 is 19.2. The highest BCUT2D eigenvalue weighted by Gasteiger charge is 2.15. The first-order chi connectivity index (χ1) is 9.97. The van der Waals surface area contributed by atoms with E-state index in [2.05, 4.69) is 43.9 Å². The Morgan fingerprint density at radius 2 is 1.90 bits per heavy atom. The second kappa shape index (κ2) is 7.36. The molecule has 0 aliphatic rings. The van der Waals surface area contributed by atoms with E-state index in [-0.39, 0.29) is 0 Å². The van der Waals surface area contributed by atoms with E-state index in [9.17, 15) is 0 Å². The summed E-state index contributed by atoms with van der Waals surface area (Å²) in [4.78, 5) is 0. The lowest BCUT2D eigenvalue weighted by Crippen LogP contribution is -2.06. The van der Waals surface area contributed by atoms with Crippen molar-refractivity contribution in [2.75, 3.05) is 0 Å². The van der Waals surface area contributed by atoms with Gasteiger partial charge in [0.15, 0.2) is 0 Å². The van der Waals surface area contributed by atoms with Gasteiger partial charge in [-0.15, -0.1) is 0 Å². The molecule has 2 aromatic rings. The van der Waals surface area contributed by atoms with Crippen molar-refractivity contribution in [3.8, 4) is 5.75 Å². The Morgan fingerprint density at radius 1 is 1.19 bits per heavy atom. The molecule has 0 spiro atoms. The summed E-state index contributed by atoms with van der Waals surface area (Å²) in [5.41, 5.74) is 2.01. The predicted molar refractivity (Wildman–Crippen MR) is 93.5 cm³/mol. The third-order valence-corrected chi connectivity index (χ3v) is 5.44. The van der Waals surface area contributed by atoms with E-state index >= 15 is 0 Å². The smallest absolute Gasteiger partial charge is 0.140 e. The number of hydrogen-bond acceptors (Lipinski definition) is 2. The van der Waals surface area contributed by atoms with E-state index in [1.165, 1.54) is 0 Å². The molecule has 1 aromatic carbocycles. The molecular weight excluding hydrogens is 443 g/mol. The lowest BCUT2D eigenvalue weighted by Gasteiger charge is -2.11. The van der Waals surface area contributed by atoms with E-state index in [4.69, 9.17) is 27.9 Å². The molecule has 0 radical (unpaired) electrons. The zero-order valence-electron chi connectivity index (χ0n) is 11.6. The molecule has 114 valence electrons. The van der Waals surface area contributed by atoms with E-state index in [0.717, 1.165) is 33.3 Å². The standard InChI is InChI=1S/C14H14Br2Cl2N2O/c1-3-11-14(16)12(20(4-2)19-11)7-21-13-6-9(17)8(15)5-10(13)18/h5-6H,3-4,7H2,1-2H3. The summed E-state index contributed by atoms with van der Waals surface area (Å²) < 4.78 is 9.48. The summed E-state index contributed by atoms with van der Waals surface area (Å²) in [6.07, 6.45) is 0.867. The highest BCUT2D eigenvalue weighted by molar-refractivity contribution is 9.10. The first-order valence-corrected chi connectivity index (χ1v) is 8.83. The van der Waals surface area contributed by atoms with E-state index in [1.54, 1.807) is 12.1 Å². The Labute approximate surface area is 150 Å². The molecule has 0 saturated carbocycles. The largest absolute Gasteiger partial charge is 0.486 e. The third-order valence-electron chi connectivity index (χ3n) is 3.03. The van der Waals surface area contributed by atoms with Crippen molar-refractivity contribution < 1.29 is 4.74 Å². The minimum absolute atomic E-state index is 0.374. The second-order valence-corrected chi connectivity index (χ2v) is 6.82. The van der Waals surface area contributed by atoms with Crippen LogP contribution in [0.2, 0.25) is 10.0 Å². The maximum absolute atomic E-state index is 6.17. The number of nitrogens with zero attached hydrogens (tertiary/aromatic N) is 2. The number of ether oxygens (including phenoxy) is 1. The van der Waals surface area contributed by atoms with Gasteiger partial charge in [-0.1, -0.05) is 30.1 Å². The Bertz CT molecular complexity index is 659. The van der Waals surface area contributed by atoms with Gasteiger partial charge in [-0.25, -0.2) is 0 Å². The van der Waals surface area contributed by atoms with Gasteiger partial charge in [0.2, 0.25) is 0 Å². The zero-order valence-corrected chi connectivity index (χ0v) is 16.3. The second-order valence-electron chi connectivity index (χ2n) is 4.36. The lowest BCUT2D eigenvalue weighted by atomic mass is 10.3.